The maximum atomic E-state index is 15.1. The van der Waals surface area contributed by atoms with Crippen molar-refractivity contribution in [2.24, 2.45) is 5.92 Å². The van der Waals surface area contributed by atoms with Gasteiger partial charge in [0.05, 0.1) is 5.69 Å². The molecular weight excluding hydrogens is 459 g/mol. The summed E-state index contributed by atoms with van der Waals surface area (Å²) in [4.78, 5) is 39.0. The van der Waals surface area contributed by atoms with E-state index in [0.29, 0.717) is 35.6 Å². The summed E-state index contributed by atoms with van der Waals surface area (Å²) in [5.74, 6) is -0.699. The molecule has 3 aromatic carbocycles. The van der Waals surface area contributed by atoms with Gasteiger partial charge < -0.3 is 4.74 Å². The average Bonchev–Trinajstić information content (AvgIpc) is 3.16. The number of ether oxygens (including phenoxy) is 1. The predicted molar refractivity (Wildman–Crippen MR) is 133 cm³/mol. The van der Waals surface area contributed by atoms with Gasteiger partial charge in [-0.1, -0.05) is 30.3 Å². The van der Waals surface area contributed by atoms with E-state index in [0.717, 1.165) is 54.4 Å². The Kier molecular flexibility index (Phi) is 5.80. The predicted octanol–water partition coefficient (Wildman–Crippen LogP) is 4.30. The van der Waals surface area contributed by atoms with Crippen molar-refractivity contribution >= 4 is 34.2 Å². The third-order valence-corrected chi connectivity index (χ3v) is 7.70. The number of anilines is 1. The van der Waals surface area contributed by atoms with Crippen LogP contribution in [0, 0.1) is 11.7 Å². The molecule has 184 valence electrons. The Labute approximate surface area is 208 Å². The topological polar surface area (TPSA) is 75.7 Å². The van der Waals surface area contributed by atoms with Crippen molar-refractivity contribution in [1.82, 2.24) is 5.32 Å². The van der Waals surface area contributed by atoms with Crippen LogP contribution in [0.15, 0.2) is 48.5 Å². The molecule has 3 heterocycles. The lowest BCUT2D eigenvalue weighted by Gasteiger charge is -2.30. The smallest absolute Gasteiger partial charge is 0.259 e. The highest BCUT2D eigenvalue weighted by Gasteiger charge is 2.40. The van der Waals surface area contributed by atoms with Crippen LogP contribution in [0.4, 0.5) is 10.1 Å². The molecule has 3 aromatic rings. The van der Waals surface area contributed by atoms with E-state index in [2.05, 4.69) is 5.32 Å². The number of nitrogens with zero attached hydrogens (tertiary/aromatic N) is 1. The molecule has 6 nitrogen and oxygen atoms in total. The molecule has 36 heavy (non-hydrogen) atoms. The third-order valence-electron chi connectivity index (χ3n) is 7.70. The Morgan fingerprint density at radius 1 is 0.972 bits per heavy atom. The number of imide groups is 1. The maximum absolute atomic E-state index is 15.1. The number of hydrogen-bond donors (Lipinski definition) is 1. The van der Waals surface area contributed by atoms with Crippen molar-refractivity contribution in [3.05, 3.63) is 76.6 Å². The first-order valence-corrected chi connectivity index (χ1v) is 12.6. The van der Waals surface area contributed by atoms with Crippen LogP contribution in [0.25, 0.3) is 10.8 Å². The van der Waals surface area contributed by atoms with Crippen LogP contribution < -0.4 is 10.2 Å². The van der Waals surface area contributed by atoms with Gasteiger partial charge in [-0.25, -0.2) is 4.39 Å². The average molecular weight is 487 g/mol. The first-order valence-electron chi connectivity index (χ1n) is 12.6. The lowest BCUT2D eigenvalue weighted by atomic mass is 9.91. The van der Waals surface area contributed by atoms with Crippen LogP contribution in [0.2, 0.25) is 0 Å². The van der Waals surface area contributed by atoms with Gasteiger partial charge in [-0.15, -0.1) is 0 Å². The summed E-state index contributed by atoms with van der Waals surface area (Å²) in [6, 6.07) is 14.1. The van der Waals surface area contributed by atoms with Gasteiger partial charge >= 0.3 is 0 Å². The quantitative estimate of drug-likeness (QED) is 0.546. The molecule has 7 heteroatoms. The minimum Gasteiger partial charge on any atom is -0.381 e. The lowest BCUT2D eigenvalue weighted by Crippen LogP contribution is -2.53. The van der Waals surface area contributed by atoms with Crippen LogP contribution in [0.5, 0.6) is 0 Å². The molecule has 3 aliphatic heterocycles. The van der Waals surface area contributed by atoms with Gasteiger partial charge in [-0.3, -0.25) is 24.6 Å². The minimum atomic E-state index is -0.725. The fourth-order valence-electron chi connectivity index (χ4n) is 5.81. The number of carbonyl (C=O) groups excluding carboxylic acids is 3. The largest absolute Gasteiger partial charge is 0.381 e. The molecule has 2 fully saturated rings. The standard InChI is InChI=1S/C29H27FN2O4/c30-23-15-18(14-17-10-12-36-13-11-17)4-5-20(23)16-19-6-7-24-27-21(19)2-1-3-22(27)29(35)32(24)25-8-9-26(33)31-28(25)34/h1-7,15,17,25H,8-14,16H2,(H,31,33,34)/t25-/m0/s1. The number of rotatable bonds is 5. The number of benzene rings is 3. The Morgan fingerprint density at radius 2 is 1.78 bits per heavy atom. The first-order chi connectivity index (χ1) is 17.5. The molecule has 0 radical (unpaired) electrons. The third kappa shape index (κ3) is 3.97. The fourth-order valence-corrected chi connectivity index (χ4v) is 5.81. The molecule has 0 saturated carbocycles. The highest BCUT2D eigenvalue weighted by molar-refractivity contribution is 6.27. The molecule has 0 aliphatic carbocycles. The summed E-state index contributed by atoms with van der Waals surface area (Å²) < 4.78 is 20.6. The molecule has 0 aromatic heterocycles. The van der Waals surface area contributed by atoms with E-state index in [9.17, 15) is 14.4 Å². The van der Waals surface area contributed by atoms with Gasteiger partial charge in [0.1, 0.15) is 11.9 Å². The van der Waals surface area contributed by atoms with Gasteiger partial charge in [0.15, 0.2) is 0 Å². The SMILES string of the molecule is O=C1CC[C@H](N2C(=O)c3cccc4c(Cc5ccc(CC6CCOCC6)cc5F)ccc2c34)C(=O)N1. The second-order valence-electron chi connectivity index (χ2n) is 9.98. The number of hydrogen-bond acceptors (Lipinski definition) is 4. The summed E-state index contributed by atoms with van der Waals surface area (Å²) in [6.07, 6.45) is 3.77. The minimum absolute atomic E-state index is 0.196. The highest BCUT2D eigenvalue weighted by atomic mass is 19.1. The summed E-state index contributed by atoms with van der Waals surface area (Å²) in [6.45, 7) is 1.56. The molecule has 0 spiro atoms. The van der Waals surface area contributed by atoms with Crippen LogP contribution in [-0.4, -0.2) is 37.0 Å². The van der Waals surface area contributed by atoms with E-state index in [4.69, 9.17) is 4.74 Å². The number of piperidine rings is 1. The Bertz CT molecular complexity index is 1400. The molecule has 3 amide bonds. The van der Waals surface area contributed by atoms with Crippen molar-refractivity contribution in [3.63, 3.8) is 0 Å². The number of amides is 3. The monoisotopic (exact) mass is 486 g/mol. The van der Waals surface area contributed by atoms with Gasteiger partial charge in [0.2, 0.25) is 11.8 Å². The number of halogens is 1. The molecule has 0 bridgehead atoms. The Balaban J connectivity index is 1.30. The maximum Gasteiger partial charge on any atom is 0.259 e. The van der Waals surface area contributed by atoms with Crippen LogP contribution in [-0.2, 0) is 27.2 Å². The van der Waals surface area contributed by atoms with Gasteiger partial charge in [-0.05, 0) is 71.9 Å². The van der Waals surface area contributed by atoms with Crippen molar-refractivity contribution < 1.29 is 23.5 Å². The summed E-state index contributed by atoms with van der Waals surface area (Å²) in [7, 11) is 0. The molecule has 1 atom stereocenters. The number of carbonyl (C=O) groups is 3. The van der Waals surface area contributed by atoms with E-state index < -0.39 is 11.9 Å². The van der Waals surface area contributed by atoms with E-state index >= 15 is 4.39 Å². The lowest BCUT2D eigenvalue weighted by molar-refractivity contribution is -0.134. The molecule has 2 saturated heterocycles. The molecule has 0 unspecified atom stereocenters. The molecular formula is C29H27FN2O4. The van der Waals surface area contributed by atoms with Gasteiger partial charge in [0, 0.05) is 37.0 Å². The second kappa shape index (κ2) is 9.13. The zero-order chi connectivity index (χ0) is 24.8. The fraction of sp³-hybridized carbons (Fsp3) is 0.345. The normalized spacial score (nSPS) is 20.3. The first kappa shape index (κ1) is 22.9. The van der Waals surface area contributed by atoms with Crippen molar-refractivity contribution in [3.8, 4) is 0 Å². The van der Waals surface area contributed by atoms with Gasteiger partial charge in [-0.2, -0.15) is 0 Å². The Hall–Kier alpha value is -3.58. The van der Waals surface area contributed by atoms with E-state index in [1.807, 2.05) is 36.4 Å². The van der Waals surface area contributed by atoms with Gasteiger partial charge in [0.25, 0.3) is 5.91 Å². The van der Waals surface area contributed by atoms with E-state index in [-0.39, 0.29) is 24.1 Å². The summed E-state index contributed by atoms with van der Waals surface area (Å²) in [5, 5.41) is 4.00. The van der Waals surface area contributed by atoms with Crippen molar-refractivity contribution in [2.45, 2.75) is 44.6 Å². The van der Waals surface area contributed by atoms with E-state index in [1.54, 1.807) is 12.1 Å². The highest BCUT2D eigenvalue weighted by Crippen LogP contribution is 2.41. The summed E-state index contributed by atoms with van der Waals surface area (Å²) in [5.41, 5.74) is 3.73. The summed E-state index contributed by atoms with van der Waals surface area (Å²) >= 11 is 0. The van der Waals surface area contributed by atoms with Crippen molar-refractivity contribution in [1.29, 1.82) is 0 Å². The van der Waals surface area contributed by atoms with Crippen LogP contribution in [0.1, 0.15) is 52.7 Å². The number of nitrogens with one attached hydrogen (secondary N) is 1. The molecule has 6 rings (SSSR count). The van der Waals surface area contributed by atoms with Crippen molar-refractivity contribution in [2.75, 3.05) is 18.1 Å². The zero-order valence-corrected chi connectivity index (χ0v) is 19.9. The second-order valence-corrected chi connectivity index (χ2v) is 9.98. The van der Waals surface area contributed by atoms with Crippen LogP contribution in [0.3, 0.4) is 0 Å². The Morgan fingerprint density at radius 3 is 2.56 bits per heavy atom. The van der Waals surface area contributed by atoms with E-state index in [1.165, 1.54) is 4.90 Å². The molecule has 3 aliphatic rings. The zero-order valence-electron chi connectivity index (χ0n) is 19.9. The van der Waals surface area contributed by atoms with Crippen LogP contribution >= 0.6 is 0 Å². The molecule has 1 N–H and O–H groups in total.